The largest absolute Gasteiger partial charge is 0.460 e. The van der Waals surface area contributed by atoms with E-state index in [1.54, 1.807) is 0 Å². The van der Waals surface area contributed by atoms with Gasteiger partial charge in [-0.3, -0.25) is 0 Å². The summed E-state index contributed by atoms with van der Waals surface area (Å²) in [6.07, 6.45) is -8.31. The molecule has 0 spiro atoms. The van der Waals surface area contributed by atoms with E-state index in [1.807, 2.05) is 0 Å². The molecule has 0 radical (unpaired) electrons. The summed E-state index contributed by atoms with van der Waals surface area (Å²) < 4.78 is 257. The quantitative estimate of drug-likeness (QED) is 0.176. The molecule has 0 saturated carbocycles. The van der Waals surface area contributed by atoms with Crippen LogP contribution in [0.4, 0.5) is 79.1 Å². The van der Waals surface area contributed by atoms with Gasteiger partial charge in [0.05, 0.1) is 0 Å². The van der Waals surface area contributed by atoms with Crippen molar-refractivity contribution in [3.63, 3.8) is 0 Å². The number of hydrazine groups is 1. The summed E-state index contributed by atoms with van der Waals surface area (Å²) in [5.41, 5.74) is 0. The Labute approximate surface area is 182 Å². The molecule has 4 nitrogen and oxygen atoms in total. The minimum absolute atomic E-state index is 0.163. The molecule has 0 aromatic heterocycles. The molecular weight excluding hydrogens is 578 g/mol. The van der Waals surface area contributed by atoms with Crippen molar-refractivity contribution in [3.8, 4) is 0 Å². The summed E-state index contributed by atoms with van der Waals surface area (Å²) in [4.78, 5) is 0. The second-order valence-electron chi connectivity index (χ2n) is 6.54. The number of nitrogens with zero attached hydrogens (tertiary/aromatic N) is 2. The molecule has 0 unspecified atom stereocenters. The first kappa shape index (κ1) is 33.6. The fraction of sp³-hybridized carbons (Fsp3) is 1.00. The number of hydrogen-bond acceptors (Lipinski definition) is 3. The van der Waals surface area contributed by atoms with Gasteiger partial charge in [-0.15, -0.1) is 4.48 Å². The Morgan fingerprint density at radius 3 is 1.14 bits per heavy atom. The van der Waals surface area contributed by atoms with Crippen molar-refractivity contribution in [2.45, 2.75) is 60.3 Å². The molecule has 0 aliphatic heterocycles. The van der Waals surface area contributed by atoms with E-state index in [0.29, 0.717) is 0 Å². The highest BCUT2D eigenvalue weighted by molar-refractivity contribution is 7.90. The summed E-state index contributed by atoms with van der Waals surface area (Å²) in [6, 6.07) is 0. The molecule has 0 heterocycles. The van der Waals surface area contributed by atoms with Crippen LogP contribution in [-0.4, -0.2) is 78.6 Å². The van der Waals surface area contributed by atoms with Gasteiger partial charge in [-0.25, -0.2) is 13.4 Å². The summed E-state index contributed by atoms with van der Waals surface area (Å²) >= 11 is 0. The minimum Gasteiger partial charge on any atom is -0.202 e. The van der Waals surface area contributed by atoms with Gasteiger partial charge in [-0.1, -0.05) is 6.92 Å². The maximum atomic E-state index is 13.7. The molecule has 0 aromatic rings. The molecule has 212 valence electrons. The maximum Gasteiger partial charge on any atom is 0.460 e. The van der Waals surface area contributed by atoms with Gasteiger partial charge in [0.2, 0.25) is 0 Å². The molecule has 0 N–H and O–H groups in total. The minimum atomic E-state index is -8.96. The SMILES string of the molecule is CCCN(C)N(F)S(=O)(=O)C(F)(F)C(F)(F)C(F)(F)C(F)(F)C(F)(F)C(F)(F)C(F)(F)C(F)(F)F. The third kappa shape index (κ3) is 4.37. The smallest absolute Gasteiger partial charge is 0.202 e. The lowest BCUT2D eigenvalue weighted by molar-refractivity contribution is -0.458. The Bertz CT molecular complexity index is 867. The second kappa shape index (κ2) is 8.87. The van der Waals surface area contributed by atoms with Gasteiger partial charge in [0, 0.05) is 18.2 Å². The molecular formula is C12H10F18N2O2S. The van der Waals surface area contributed by atoms with Crippen LogP contribution in [0.2, 0.25) is 0 Å². The zero-order chi connectivity index (χ0) is 29.1. The summed E-state index contributed by atoms with van der Waals surface area (Å²) in [5, 5.41) is -8.51. The lowest BCUT2D eigenvalue weighted by Crippen LogP contribution is -2.75. The van der Waals surface area contributed by atoms with Gasteiger partial charge >= 0.3 is 57.0 Å². The van der Waals surface area contributed by atoms with Crippen molar-refractivity contribution in [3.05, 3.63) is 0 Å². The lowest BCUT2D eigenvalue weighted by atomic mass is 9.91. The van der Waals surface area contributed by atoms with Crippen molar-refractivity contribution in [2.24, 2.45) is 0 Å². The number of halogens is 18. The van der Waals surface area contributed by atoms with Crippen LogP contribution in [0.1, 0.15) is 13.3 Å². The van der Waals surface area contributed by atoms with Gasteiger partial charge in [-0.2, -0.15) is 74.6 Å². The second-order valence-corrected chi connectivity index (χ2v) is 8.31. The highest BCUT2D eigenvalue weighted by Crippen LogP contribution is 2.64. The first-order valence-electron chi connectivity index (χ1n) is 8.02. The van der Waals surface area contributed by atoms with E-state index in [4.69, 9.17) is 0 Å². The summed E-state index contributed by atoms with van der Waals surface area (Å²) in [5.74, 6) is -52.4. The van der Waals surface area contributed by atoms with Gasteiger partial charge in [-0.05, 0) is 6.42 Å². The van der Waals surface area contributed by atoms with Crippen LogP contribution in [0, 0.1) is 0 Å². The van der Waals surface area contributed by atoms with E-state index in [0.717, 1.165) is 6.92 Å². The lowest BCUT2D eigenvalue weighted by Gasteiger charge is -2.42. The van der Waals surface area contributed by atoms with E-state index in [-0.39, 0.29) is 7.05 Å². The van der Waals surface area contributed by atoms with Gasteiger partial charge in [0.1, 0.15) is 0 Å². The van der Waals surface area contributed by atoms with E-state index in [1.165, 1.54) is 0 Å². The molecule has 0 bridgehead atoms. The molecule has 0 amide bonds. The standard InChI is InChI=1S/C12H10F18N2O2S/c1-3-4-31(2)32(30)35(33,34)12(28,29)10(23,24)8(19,20)6(15,16)5(13,14)7(17,18)9(21,22)11(25,26)27/h3-4H2,1-2H3. The van der Waals surface area contributed by atoms with Crippen LogP contribution >= 0.6 is 0 Å². The molecule has 0 aliphatic carbocycles. The fourth-order valence-corrected chi connectivity index (χ4v) is 3.08. The summed E-state index contributed by atoms with van der Waals surface area (Å²) in [6.45, 7) is 0.0537. The highest BCUT2D eigenvalue weighted by Gasteiger charge is 2.96. The zero-order valence-corrected chi connectivity index (χ0v) is 17.2. The third-order valence-electron chi connectivity index (χ3n) is 4.03. The average molecular weight is 588 g/mol. The Hall–Kier alpha value is -1.39. The highest BCUT2D eigenvalue weighted by atomic mass is 32.2. The first-order chi connectivity index (χ1) is 14.9. The Morgan fingerprint density at radius 2 is 0.857 bits per heavy atom. The van der Waals surface area contributed by atoms with Crippen LogP contribution in [0.3, 0.4) is 0 Å². The molecule has 0 aliphatic rings. The third-order valence-corrected chi connectivity index (χ3v) is 5.61. The van der Waals surface area contributed by atoms with Gasteiger partial charge < -0.3 is 0 Å². The van der Waals surface area contributed by atoms with Crippen molar-refractivity contribution in [1.82, 2.24) is 9.65 Å². The normalized spacial score (nSPS) is 16.4. The first-order valence-corrected chi connectivity index (χ1v) is 9.46. The van der Waals surface area contributed by atoms with Crippen molar-refractivity contribution < 1.29 is 87.5 Å². The number of rotatable bonds is 11. The molecule has 23 heteroatoms. The average Bonchev–Trinajstić information content (AvgIpc) is 2.65. The van der Waals surface area contributed by atoms with Crippen LogP contribution in [0.15, 0.2) is 0 Å². The van der Waals surface area contributed by atoms with Crippen LogP contribution in [0.5, 0.6) is 0 Å². The van der Waals surface area contributed by atoms with Crippen LogP contribution in [-0.2, 0) is 10.0 Å². The van der Waals surface area contributed by atoms with Crippen molar-refractivity contribution in [2.75, 3.05) is 13.6 Å². The Kier molecular flexibility index (Phi) is 8.52. The van der Waals surface area contributed by atoms with Crippen molar-refractivity contribution >= 4 is 10.0 Å². The van der Waals surface area contributed by atoms with Crippen LogP contribution < -0.4 is 0 Å². The number of alkyl halides is 17. The molecule has 0 fully saturated rings. The summed E-state index contributed by atoms with van der Waals surface area (Å²) in [7, 11) is -7.80. The Balaban J connectivity index is 6.97. The predicted octanol–water partition coefficient (Wildman–Crippen LogP) is 5.73. The molecule has 0 rings (SSSR count). The maximum absolute atomic E-state index is 13.7. The van der Waals surface area contributed by atoms with E-state index in [2.05, 4.69) is 0 Å². The number of sulfonamides is 1. The molecule has 0 saturated heterocycles. The predicted molar refractivity (Wildman–Crippen MR) is 75.5 cm³/mol. The molecule has 0 aromatic carbocycles. The van der Waals surface area contributed by atoms with Crippen LogP contribution in [0.25, 0.3) is 0 Å². The number of hydrogen-bond donors (Lipinski definition) is 0. The van der Waals surface area contributed by atoms with E-state index >= 15 is 0 Å². The monoisotopic (exact) mass is 588 g/mol. The zero-order valence-electron chi connectivity index (χ0n) is 16.3. The molecule has 35 heavy (non-hydrogen) atoms. The van der Waals surface area contributed by atoms with Gasteiger partial charge in [0.25, 0.3) is 0 Å². The van der Waals surface area contributed by atoms with E-state index < -0.39 is 79.6 Å². The fourth-order valence-electron chi connectivity index (χ4n) is 1.99. The Morgan fingerprint density at radius 1 is 0.571 bits per heavy atom. The van der Waals surface area contributed by atoms with Gasteiger partial charge in [0.15, 0.2) is 0 Å². The van der Waals surface area contributed by atoms with Crippen molar-refractivity contribution in [1.29, 1.82) is 0 Å². The topological polar surface area (TPSA) is 40.6 Å². The van der Waals surface area contributed by atoms with E-state index in [9.17, 15) is 87.5 Å². The molecule has 0 atom stereocenters.